The van der Waals surface area contributed by atoms with Crippen LogP contribution in [0.5, 0.6) is 0 Å². The topological polar surface area (TPSA) is 60.2 Å². The quantitative estimate of drug-likeness (QED) is 0.808. The minimum absolute atomic E-state index is 0.0506. The number of imidazole rings is 1. The van der Waals surface area contributed by atoms with Crippen molar-refractivity contribution in [1.29, 1.82) is 0 Å². The maximum Gasteiger partial charge on any atom is 0.245 e. The summed E-state index contributed by atoms with van der Waals surface area (Å²) < 4.78 is 7.12. The van der Waals surface area contributed by atoms with Gasteiger partial charge in [-0.15, -0.1) is 11.6 Å². The Morgan fingerprint density at radius 3 is 2.95 bits per heavy atom. The highest BCUT2D eigenvalue weighted by molar-refractivity contribution is 6.16. The van der Waals surface area contributed by atoms with E-state index in [1.165, 1.54) is 0 Å². The van der Waals surface area contributed by atoms with Crippen molar-refractivity contribution < 1.29 is 9.53 Å². The van der Waals surface area contributed by atoms with Gasteiger partial charge in [0, 0.05) is 19.3 Å². The number of fused-ring (bicyclic) bond motifs is 1. The molecule has 21 heavy (non-hydrogen) atoms. The van der Waals surface area contributed by atoms with Crippen molar-refractivity contribution in [2.24, 2.45) is 0 Å². The number of amides is 1. The van der Waals surface area contributed by atoms with E-state index in [-0.39, 0.29) is 17.8 Å². The molecule has 2 aromatic rings. The van der Waals surface area contributed by atoms with Crippen LogP contribution in [0.15, 0.2) is 18.3 Å². The molecule has 1 fully saturated rings. The maximum atomic E-state index is 12.7. The summed E-state index contributed by atoms with van der Waals surface area (Å²) in [5.41, 5.74) is 1.46. The fraction of sp³-hybridized carbons (Fsp3) is 0.500. The van der Waals surface area contributed by atoms with Crippen molar-refractivity contribution in [3.63, 3.8) is 0 Å². The van der Waals surface area contributed by atoms with E-state index < -0.39 is 0 Å². The number of hydrogen-bond acceptors (Lipinski definition) is 4. The lowest BCUT2D eigenvalue weighted by Gasteiger charge is -2.30. The van der Waals surface area contributed by atoms with Crippen molar-refractivity contribution in [2.45, 2.75) is 18.8 Å². The van der Waals surface area contributed by atoms with Crippen LogP contribution in [0.3, 0.4) is 0 Å². The zero-order valence-electron chi connectivity index (χ0n) is 11.8. The lowest BCUT2D eigenvalue weighted by atomic mass is 10.2. The Hall–Kier alpha value is -1.66. The van der Waals surface area contributed by atoms with Crippen molar-refractivity contribution in [3.05, 3.63) is 24.2 Å². The lowest BCUT2D eigenvalue weighted by molar-refractivity contribution is -0.138. The average molecular weight is 309 g/mol. The van der Waals surface area contributed by atoms with E-state index in [0.29, 0.717) is 37.8 Å². The Bertz CT molecular complexity index is 651. The molecule has 1 atom stereocenters. The molecule has 3 rings (SSSR count). The minimum Gasteiger partial charge on any atom is -0.378 e. The van der Waals surface area contributed by atoms with Gasteiger partial charge in [-0.1, -0.05) is 0 Å². The van der Waals surface area contributed by atoms with Gasteiger partial charge in [0.1, 0.15) is 17.4 Å². The number of morpholine rings is 1. The standard InChI is InChI=1S/C14H17ClN4O2/c1-10(14(20)18-5-7-21-8-6-18)19-12(9-15)17-11-3-2-4-16-13(11)19/h2-4,10H,5-9H2,1H3. The van der Waals surface area contributed by atoms with Crippen LogP contribution in [0.25, 0.3) is 11.2 Å². The predicted molar refractivity (Wildman–Crippen MR) is 79.2 cm³/mol. The molecule has 0 bridgehead atoms. The molecule has 0 radical (unpaired) electrons. The molecule has 0 saturated carbocycles. The number of halogens is 1. The molecule has 0 N–H and O–H groups in total. The highest BCUT2D eigenvalue weighted by Crippen LogP contribution is 2.22. The number of pyridine rings is 1. The average Bonchev–Trinajstić information content (AvgIpc) is 2.92. The Morgan fingerprint density at radius 2 is 2.24 bits per heavy atom. The Balaban J connectivity index is 1.96. The summed E-state index contributed by atoms with van der Waals surface area (Å²) in [6, 6.07) is 3.32. The fourth-order valence-electron chi connectivity index (χ4n) is 2.64. The summed E-state index contributed by atoms with van der Waals surface area (Å²) in [5.74, 6) is 0.964. The monoisotopic (exact) mass is 308 g/mol. The van der Waals surface area contributed by atoms with Crippen LogP contribution in [0.1, 0.15) is 18.8 Å². The number of nitrogens with zero attached hydrogens (tertiary/aromatic N) is 4. The van der Waals surface area contributed by atoms with Crippen LogP contribution in [0.4, 0.5) is 0 Å². The van der Waals surface area contributed by atoms with Gasteiger partial charge in [-0.05, 0) is 19.1 Å². The van der Waals surface area contributed by atoms with Gasteiger partial charge in [-0.3, -0.25) is 9.36 Å². The Labute approximate surface area is 127 Å². The molecule has 0 aliphatic carbocycles. The molecule has 0 spiro atoms. The largest absolute Gasteiger partial charge is 0.378 e. The van der Waals surface area contributed by atoms with Gasteiger partial charge in [0.15, 0.2) is 5.65 Å². The molecular formula is C14H17ClN4O2. The van der Waals surface area contributed by atoms with Gasteiger partial charge >= 0.3 is 0 Å². The zero-order chi connectivity index (χ0) is 14.8. The minimum atomic E-state index is -0.378. The summed E-state index contributed by atoms with van der Waals surface area (Å²) in [6.45, 7) is 4.29. The highest BCUT2D eigenvalue weighted by atomic mass is 35.5. The van der Waals surface area contributed by atoms with E-state index in [1.807, 2.05) is 28.5 Å². The van der Waals surface area contributed by atoms with Crippen LogP contribution in [0, 0.1) is 0 Å². The first-order valence-corrected chi connectivity index (χ1v) is 7.50. The molecule has 6 nitrogen and oxygen atoms in total. The molecule has 1 aliphatic heterocycles. The number of hydrogen-bond donors (Lipinski definition) is 0. The van der Waals surface area contributed by atoms with E-state index in [2.05, 4.69) is 9.97 Å². The van der Waals surface area contributed by atoms with E-state index in [9.17, 15) is 4.79 Å². The first kappa shape index (κ1) is 14.3. The van der Waals surface area contributed by atoms with Gasteiger partial charge < -0.3 is 9.64 Å². The number of carbonyl (C=O) groups excluding carboxylic acids is 1. The number of aromatic nitrogens is 3. The van der Waals surface area contributed by atoms with Crippen LogP contribution < -0.4 is 0 Å². The summed E-state index contributed by atoms with van der Waals surface area (Å²) >= 11 is 5.98. The van der Waals surface area contributed by atoms with E-state index in [0.717, 1.165) is 5.52 Å². The normalized spacial score (nSPS) is 17.1. The first-order chi connectivity index (χ1) is 10.2. The van der Waals surface area contributed by atoms with Gasteiger partial charge in [0.05, 0.1) is 19.1 Å². The Kier molecular flexibility index (Phi) is 4.07. The van der Waals surface area contributed by atoms with Crippen molar-refractivity contribution >= 4 is 28.7 Å². The van der Waals surface area contributed by atoms with Crippen LogP contribution >= 0.6 is 11.6 Å². The maximum absolute atomic E-state index is 12.7. The third-order valence-corrected chi connectivity index (χ3v) is 3.95. The molecule has 1 aliphatic rings. The van der Waals surface area contributed by atoms with Crippen molar-refractivity contribution in [1.82, 2.24) is 19.4 Å². The van der Waals surface area contributed by atoms with Crippen LogP contribution in [-0.2, 0) is 15.4 Å². The van der Waals surface area contributed by atoms with E-state index in [1.54, 1.807) is 6.20 Å². The molecule has 3 heterocycles. The van der Waals surface area contributed by atoms with E-state index >= 15 is 0 Å². The van der Waals surface area contributed by atoms with E-state index in [4.69, 9.17) is 16.3 Å². The molecule has 1 saturated heterocycles. The van der Waals surface area contributed by atoms with Gasteiger partial charge in [0.2, 0.25) is 5.91 Å². The second-order valence-corrected chi connectivity index (χ2v) is 5.26. The van der Waals surface area contributed by atoms with Crippen LogP contribution in [0.2, 0.25) is 0 Å². The lowest BCUT2D eigenvalue weighted by Crippen LogP contribution is -2.43. The molecule has 112 valence electrons. The second-order valence-electron chi connectivity index (χ2n) is 4.99. The highest BCUT2D eigenvalue weighted by Gasteiger charge is 2.27. The molecule has 7 heteroatoms. The zero-order valence-corrected chi connectivity index (χ0v) is 12.6. The predicted octanol–water partition coefficient (Wildman–Crippen LogP) is 1.59. The van der Waals surface area contributed by atoms with Gasteiger partial charge in [0.25, 0.3) is 0 Å². The molecule has 1 unspecified atom stereocenters. The second kappa shape index (κ2) is 5.99. The fourth-order valence-corrected chi connectivity index (χ4v) is 2.82. The molecule has 0 aromatic carbocycles. The number of alkyl halides is 1. The van der Waals surface area contributed by atoms with Gasteiger partial charge in [-0.25, -0.2) is 9.97 Å². The Morgan fingerprint density at radius 1 is 1.48 bits per heavy atom. The summed E-state index contributed by atoms with van der Waals surface area (Å²) in [7, 11) is 0. The molecule has 1 amide bonds. The van der Waals surface area contributed by atoms with Crippen molar-refractivity contribution in [3.8, 4) is 0 Å². The first-order valence-electron chi connectivity index (χ1n) is 6.96. The third-order valence-electron chi connectivity index (χ3n) is 3.71. The molecular weight excluding hydrogens is 292 g/mol. The number of ether oxygens (including phenoxy) is 1. The molecule has 2 aromatic heterocycles. The summed E-state index contributed by atoms with van der Waals surface area (Å²) in [5, 5.41) is 0. The summed E-state index contributed by atoms with van der Waals surface area (Å²) in [6.07, 6.45) is 1.70. The van der Waals surface area contributed by atoms with Gasteiger partial charge in [-0.2, -0.15) is 0 Å². The third kappa shape index (κ3) is 2.61. The van der Waals surface area contributed by atoms with Crippen LogP contribution in [-0.4, -0.2) is 51.6 Å². The number of rotatable bonds is 3. The summed E-state index contributed by atoms with van der Waals surface area (Å²) in [4.78, 5) is 23.3. The van der Waals surface area contributed by atoms with Crippen molar-refractivity contribution in [2.75, 3.05) is 26.3 Å². The SMILES string of the molecule is CC(C(=O)N1CCOCC1)n1c(CCl)nc2cccnc21. The number of carbonyl (C=O) groups is 1. The smallest absolute Gasteiger partial charge is 0.245 e.